The smallest absolute Gasteiger partial charge is 0.236 e. The third-order valence-electron chi connectivity index (χ3n) is 7.89. The van der Waals surface area contributed by atoms with E-state index in [9.17, 15) is 9.59 Å². The van der Waals surface area contributed by atoms with Crippen molar-refractivity contribution in [3.05, 3.63) is 48.3 Å². The second-order valence-corrected chi connectivity index (χ2v) is 10.2. The molecule has 186 valence electrons. The van der Waals surface area contributed by atoms with Gasteiger partial charge in [0.05, 0.1) is 11.0 Å². The first-order valence-corrected chi connectivity index (χ1v) is 12.7. The van der Waals surface area contributed by atoms with Gasteiger partial charge < -0.3 is 14.8 Å². The molecule has 0 unspecified atom stereocenters. The molecule has 2 amide bonds. The van der Waals surface area contributed by atoms with Gasteiger partial charge in [0.25, 0.3) is 0 Å². The van der Waals surface area contributed by atoms with E-state index in [2.05, 4.69) is 25.3 Å². The van der Waals surface area contributed by atoms with Gasteiger partial charge in [-0.1, -0.05) is 6.07 Å². The van der Waals surface area contributed by atoms with Crippen molar-refractivity contribution in [2.24, 2.45) is 5.92 Å². The van der Waals surface area contributed by atoms with Gasteiger partial charge in [-0.2, -0.15) is 0 Å². The first-order chi connectivity index (χ1) is 18.0. The molecule has 1 aromatic carbocycles. The Hall–Kier alpha value is -4.21. The van der Waals surface area contributed by atoms with E-state index in [0.717, 1.165) is 46.7 Å². The summed E-state index contributed by atoms with van der Waals surface area (Å²) in [5, 5.41) is 3.06. The van der Waals surface area contributed by atoms with Crippen LogP contribution in [0.2, 0.25) is 0 Å². The Bertz CT molecular complexity index is 1590. The van der Waals surface area contributed by atoms with E-state index < -0.39 is 5.41 Å². The Kier molecular flexibility index (Phi) is 4.70. The standard InChI is InChI=1S/C27H26N8O2/c1-3-35-23(18-11-28-15(2)29-12-18)33-22-21(30-14-31-24(22)35)17-6-7-20-19(10-17)27(26(37)32-20)8-9-34(13-27)25(36)16-4-5-16/h6-7,10-12,14,16H,3-5,8-9,13H2,1-2H3,(H,32,37)/t27-/m1/s1. The Morgan fingerprint density at radius 3 is 2.70 bits per heavy atom. The van der Waals surface area contributed by atoms with Crippen LogP contribution in [-0.4, -0.2) is 59.3 Å². The van der Waals surface area contributed by atoms with Crippen LogP contribution >= 0.6 is 0 Å². The molecule has 7 rings (SSSR count). The number of likely N-dealkylation sites (tertiary alicyclic amines) is 1. The molecule has 3 aliphatic rings. The predicted molar refractivity (Wildman–Crippen MR) is 136 cm³/mol. The number of imidazole rings is 1. The van der Waals surface area contributed by atoms with Crippen LogP contribution in [0.1, 0.15) is 37.6 Å². The molecule has 4 aromatic rings. The first kappa shape index (κ1) is 22.0. The highest BCUT2D eigenvalue weighted by molar-refractivity contribution is 6.08. The van der Waals surface area contributed by atoms with Crippen molar-refractivity contribution in [3.8, 4) is 22.6 Å². The fraction of sp³-hybridized carbons (Fsp3) is 0.370. The Morgan fingerprint density at radius 2 is 1.95 bits per heavy atom. The van der Waals surface area contributed by atoms with Crippen LogP contribution in [0.3, 0.4) is 0 Å². The van der Waals surface area contributed by atoms with Crippen molar-refractivity contribution < 1.29 is 9.59 Å². The van der Waals surface area contributed by atoms with Gasteiger partial charge >= 0.3 is 0 Å². The monoisotopic (exact) mass is 494 g/mol. The molecule has 5 heterocycles. The molecular formula is C27H26N8O2. The second-order valence-electron chi connectivity index (χ2n) is 10.2. The number of aryl methyl sites for hydroxylation is 2. The highest BCUT2D eigenvalue weighted by atomic mass is 16.2. The number of hydrogen-bond donors (Lipinski definition) is 1. The summed E-state index contributed by atoms with van der Waals surface area (Å²) >= 11 is 0. The molecule has 1 saturated heterocycles. The maximum Gasteiger partial charge on any atom is 0.236 e. The highest BCUT2D eigenvalue weighted by Gasteiger charge is 2.53. The van der Waals surface area contributed by atoms with Crippen LogP contribution in [0.15, 0.2) is 36.9 Å². The zero-order chi connectivity index (χ0) is 25.3. The SMILES string of the molecule is CCn1c(-c2cnc(C)nc2)nc2c(-c3ccc4c(c3)[C@]3(CCN(C(=O)C5CC5)C3)C(=O)N4)ncnc21. The van der Waals surface area contributed by atoms with Crippen LogP contribution in [0.5, 0.6) is 0 Å². The normalized spacial score (nSPS) is 20.6. The molecule has 10 heteroatoms. The lowest BCUT2D eigenvalue weighted by atomic mass is 9.80. The molecule has 0 bridgehead atoms. The molecule has 1 spiro atoms. The van der Waals surface area contributed by atoms with Crippen LogP contribution in [-0.2, 0) is 21.5 Å². The minimum Gasteiger partial charge on any atom is -0.341 e. The quantitative estimate of drug-likeness (QED) is 0.463. The van der Waals surface area contributed by atoms with E-state index in [0.29, 0.717) is 43.1 Å². The summed E-state index contributed by atoms with van der Waals surface area (Å²) in [5.41, 5.74) is 4.79. The van der Waals surface area contributed by atoms with Crippen LogP contribution < -0.4 is 5.32 Å². The fourth-order valence-corrected chi connectivity index (χ4v) is 5.73. The summed E-state index contributed by atoms with van der Waals surface area (Å²) in [6.45, 7) is 5.60. The molecule has 2 aliphatic heterocycles. The third-order valence-corrected chi connectivity index (χ3v) is 7.89. The van der Waals surface area contributed by atoms with Crippen LogP contribution in [0.4, 0.5) is 5.69 Å². The molecule has 0 radical (unpaired) electrons. The van der Waals surface area contributed by atoms with Gasteiger partial charge in [0, 0.05) is 49.2 Å². The number of aromatic nitrogens is 6. The van der Waals surface area contributed by atoms with Gasteiger partial charge in [0.2, 0.25) is 11.8 Å². The summed E-state index contributed by atoms with van der Waals surface area (Å²) in [6, 6.07) is 5.93. The number of amides is 2. The average Bonchev–Trinajstić information content (AvgIpc) is 3.46. The lowest BCUT2D eigenvalue weighted by Crippen LogP contribution is -2.39. The van der Waals surface area contributed by atoms with Gasteiger partial charge in [-0.25, -0.2) is 24.9 Å². The summed E-state index contributed by atoms with van der Waals surface area (Å²) < 4.78 is 2.03. The molecule has 3 aromatic heterocycles. The number of rotatable bonds is 4. The molecular weight excluding hydrogens is 468 g/mol. The summed E-state index contributed by atoms with van der Waals surface area (Å²) in [4.78, 5) is 50.6. The number of anilines is 1. The van der Waals surface area contributed by atoms with Gasteiger partial charge in [0.15, 0.2) is 5.65 Å². The number of nitrogens with zero attached hydrogens (tertiary/aromatic N) is 7. The number of carbonyl (C=O) groups excluding carboxylic acids is 2. The van der Waals surface area contributed by atoms with Crippen LogP contribution in [0.25, 0.3) is 33.8 Å². The Morgan fingerprint density at radius 1 is 1.14 bits per heavy atom. The molecule has 1 aliphatic carbocycles. The zero-order valence-electron chi connectivity index (χ0n) is 20.7. The molecule has 1 N–H and O–H groups in total. The fourth-order valence-electron chi connectivity index (χ4n) is 5.73. The van der Waals surface area contributed by atoms with Gasteiger partial charge in [-0.15, -0.1) is 0 Å². The van der Waals surface area contributed by atoms with Crippen LogP contribution in [0, 0.1) is 12.8 Å². The summed E-state index contributed by atoms with van der Waals surface area (Å²) in [5.74, 6) is 1.73. The van der Waals surface area contributed by atoms with E-state index in [-0.39, 0.29) is 17.7 Å². The topological polar surface area (TPSA) is 119 Å². The van der Waals surface area contributed by atoms with E-state index >= 15 is 0 Å². The summed E-state index contributed by atoms with van der Waals surface area (Å²) in [7, 11) is 0. The number of carbonyl (C=O) groups is 2. The third kappa shape index (κ3) is 3.28. The van der Waals surface area contributed by atoms with Crippen molar-refractivity contribution in [2.75, 3.05) is 18.4 Å². The van der Waals surface area contributed by atoms with Crippen molar-refractivity contribution in [1.29, 1.82) is 0 Å². The minimum atomic E-state index is -0.727. The maximum atomic E-state index is 13.2. The van der Waals surface area contributed by atoms with E-state index in [1.54, 1.807) is 18.7 Å². The first-order valence-electron chi connectivity index (χ1n) is 12.7. The largest absolute Gasteiger partial charge is 0.341 e. The molecule has 2 fully saturated rings. The van der Waals surface area contributed by atoms with Crippen molar-refractivity contribution in [3.63, 3.8) is 0 Å². The second kappa shape index (κ2) is 7.89. The molecule has 37 heavy (non-hydrogen) atoms. The Labute approximate surface area is 213 Å². The maximum absolute atomic E-state index is 13.2. The average molecular weight is 495 g/mol. The minimum absolute atomic E-state index is 0.0319. The van der Waals surface area contributed by atoms with Gasteiger partial charge in [0.1, 0.15) is 29.2 Å². The number of fused-ring (bicyclic) bond motifs is 3. The van der Waals surface area contributed by atoms with Crippen molar-refractivity contribution >= 4 is 28.7 Å². The lowest BCUT2D eigenvalue weighted by Gasteiger charge is -2.23. The highest BCUT2D eigenvalue weighted by Crippen LogP contribution is 2.47. The van der Waals surface area contributed by atoms with Crippen molar-refractivity contribution in [1.82, 2.24) is 34.4 Å². The van der Waals surface area contributed by atoms with E-state index in [4.69, 9.17) is 4.98 Å². The zero-order valence-corrected chi connectivity index (χ0v) is 20.7. The van der Waals surface area contributed by atoms with Gasteiger partial charge in [-0.05, 0) is 50.8 Å². The molecule has 1 atom stereocenters. The lowest BCUT2D eigenvalue weighted by molar-refractivity contribution is -0.131. The number of nitrogens with one attached hydrogen (secondary N) is 1. The van der Waals surface area contributed by atoms with Gasteiger partial charge in [-0.3, -0.25) is 9.59 Å². The Balaban J connectivity index is 1.33. The predicted octanol–water partition coefficient (Wildman–Crippen LogP) is 3.11. The number of benzene rings is 1. The van der Waals surface area contributed by atoms with E-state index in [1.807, 2.05) is 41.5 Å². The van der Waals surface area contributed by atoms with E-state index in [1.165, 1.54) is 0 Å². The van der Waals surface area contributed by atoms with Crippen molar-refractivity contribution in [2.45, 2.75) is 45.1 Å². The molecule has 10 nitrogen and oxygen atoms in total. The molecule has 1 saturated carbocycles. The summed E-state index contributed by atoms with van der Waals surface area (Å²) in [6.07, 6.45) is 7.64. The number of hydrogen-bond acceptors (Lipinski definition) is 7.